The predicted molar refractivity (Wildman–Crippen MR) is 108 cm³/mol. The van der Waals surface area contributed by atoms with Gasteiger partial charge in [-0.15, -0.1) is 45.3 Å². The van der Waals surface area contributed by atoms with Crippen LogP contribution in [0.4, 0.5) is 0 Å². The molecule has 0 aliphatic heterocycles. The van der Waals surface area contributed by atoms with Crippen LogP contribution in [-0.2, 0) is 0 Å². The third-order valence-corrected chi connectivity index (χ3v) is 8.54. The molecule has 4 aromatic rings. The Balaban J connectivity index is 1.84. The van der Waals surface area contributed by atoms with Crippen molar-refractivity contribution in [3.05, 3.63) is 57.1 Å². The minimum Gasteiger partial charge on any atom is -0.143 e. The number of rotatable bonds is 3. The molecule has 0 saturated carbocycles. The summed E-state index contributed by atoms with van der Waals surface area (Å²) in [6.45, 7) is 6.64. The molecule has 4 aromatic heterocycles. The fourth-order valence-electron chi connectivity index (χ4n) is 2.75. The molecule has 0 spiro atoms. The molecule has 0 aliphatic carbocycles. The van der Waals surface area contributed by atoms with E-state index in [9.17, 15) is 0 Å². The van der Waals surface area contributed by atoms with Gasteiger partial charge < -0.3 is 0 Å². The summed E-state index contributed by atoms with van der Waals surface area (Å²) in [5, 5.41) is 6.59. The monoisotopic (exact) mass is 372 g/mol. The minimum absolute atomic E-state index is 1.37. The molecule has 0 amide bonds. The first-order valence-corrected chi connectivity index (χ1v) is 10.9. The topological polar surface area (TPSA) is 0 Å². The van der Waals surface area contributed by atoms with Crippen molar-refractivity contribution in [1.29, 1.82) is 0 Å². The van der Waals surface area contributed by atoms with E-state index in [1.165, 1.54) is 46.6 Å². The van der Waals surface area contributed by atoms with Gasteiger partial charge >= 0.3 is 0 Å². The molecule has 0 atom stereocenters. The second kappa shape index (κ2) is 6.02. The molecule has 0 saturated heterocycles. The predicted octanol–water partition coefficient (Wildman–Crippen LogP) is 7.86. The largest absolute Gasteiger partial charge is 0.143 e. The van der Waals surface area contributed by atoms with Gasteiger partial charge in [0.1, 0.15) is 0 Å². The van der Waals surface area contributed by atoms with Gasteiger partial charge in [-0.25, -0.2) is 0 Å². The molecule has 0 nitrogen and oxygen atoms in total. The van der Waals surface area contributed by atoms with Crippen molar-refractivity contribution in [2.45, 2.75) is 20.8 Å². The lowest BCUT2D eigenvalue weighted by Crippen LogP contribution is -1.74. The van der Waals surface area contributed by atoms with Crippen LogP contribution in [0.2, 0.25) is 0 Å². The maximum absolute atomic E-state index is 2.36. The maximum Gasteiger partial charge on any atom is 0.0529 e. The second-order valence-corrected chi connectivity index (χ2v) is 9.45. The molecule has 4 heterocycles. The third-order valence-electron chi connectivity index (χ3n) is 3.98. The van der Waals surface area contributed by atoms with E-state index in [2.05, 4.69) is 61.2 Å². The van der Waals surface area contributed by atoms with Gasteiger partial charge in [-0.3, -0.25) is 0 Å². The zero-order valence-corrected chi connectivity index (χ0v) is 16.4. The molecule has 116 valence electrons. The Morgan fingerprint density at radius 2 is 1.22 bits per heavy atom. The van der Waals surface area contributed by atoms with Crippen LogP contribution in [0.25, 0.3) is 29.9 Å². The highest BCUT2D eigenvalue weighted by Gasteiger charge is 2.17. The second-order valence-electron chi connectivity index (χ2n) is 5.65. The van der Waals surface area contributed by atoms with Crippen LogP contribution in [0.1, 0.15) is 16.7 Å². The van der Waals surface area contributed by atoms with Gasteiger partial charge in [-0.1, -0.05) is 0 Å². The Labute approximate surface area is 152 Å². The van der Waals surface area contributed by atoms with Gasteiger partial charge in [-0.05, 0) is 77.9 Å². The van der Waals surface area contributed by atoms with Crippen LogP contribution in [0, 0.1) is 20.8 Å². The smallest absolute Gasteiger partial charge is 0.0529 e. The van der Waals surface area contributed by atoms with Crippen LogP contribution < -0.4 is 0 Å². The fraction of sp³-hybridized carbons (Fsp3) is 0.158. The first kappa shape index (κ1) is 15.3. The Bertz CT molecular complexity index is 961. The molecule has 0 N–H and O–H groups in total. The van der Waals surface area contributed by atoms with Crippen molar-refractivity contribution >= 4 is 45.3 Å². The Morgan fingerprint density at radius 3 is 1.87 bits per heavy atom. The van der Waals surface area contributed by atoms with Gasteiger partial charge in [0.2, 0.25) is 0 Å². The highest BCUT2D eigenvalue weighted by molar-refractivity contribution is 7.26. The number of hydrogen-bond acceptors (Lipinski definition) is 4. The number of hydrogen-bond donors (Lipinski definition) is 0. The van der Waals surface area contributed by atoms with E-state index in [-0.39, 0.29) is 0 Å². The standard InChI is InChI=1S/C19H16S4/c1-11-4-7-20-16(11)14-6-9-22-19(14)15-10-13(3)18(23-15)17-12(2)5-8-21-17/h4-10H,1-3H3. The summed E-state index contributed by atoms with van der Waals surface area (Å²) >= 11 is 7.47. The molecule has 0 aromatic carbocycles. The lowest BCUT2D eigenvalue weighted by molar-refractivity contribution is 1.51. The molecule has 4 heteroatoms. The molecule has 0 unspecified atom stereocenters. The van der Waals surface area contributed by atoms with Crippen LogP contribution in [-0.4, -0.2) is 0 Å². The molecule has 0 bridgehead atoms. The van der Waals surface area contributed by atoms with E-state index in [0.717, 1.165) is 0 Å². The first-order valence-electron chi connectivity index (χ1n) is 7.42. The van der Waals surface area contributed by atoms with Crippen molar-refractivity contribution in [2.75, 3.05) is 0 Å². The zero-order valence-electron chi connectivity index (χ0n) is 13.2. The number of aryl methyl sites for hydroxylation is 3. The normalized spacial score (nSPS) is 11.3. The summed E-state index contributed by atoms with van der Waals surface area (Å²) < 4.78 is 0. The molecule has 23 heavy (non-hydrogen) atoms. The lowest BCUT2D eigenvalue weighted by Gasteiger charge is -2.01. The highest BCUT2D eigenvalue weighted by Crippen LogP contribution is 2.47. The van der Waals surface area contributed by atoms with E-state index >= 15 is 0 Å². The SMILES string of the molecule is Cc1ccsc1-c1ccsc1-c1cc(C)c(-c2sccc2C)s1. The maximum atomic E-state index is 2.36. The minimum atomic E-state index is 1.37. The fourth-order valence-corrected chi connectivity index (χ4v) is 7.19. The zero-order chi connectivity index (χ0) is 16.0. The van der Waals surface area contributed by atoms with Crippen LogP contribution in [0.15, 0.2) is 40.4 Å². The Morgan fingerprint density at radius 1 is 0.609 bits per heavy atom. The molecular weight excluding hydrogens is 356 g/mol. The molecular formula is C19H16S4. The summed E-state index contributed by atoms with van der Waals surface area (Å²) in [6, 6.07) is 9.05. The number of thiophene rings is 4. The van der Waals surface area contributed by atoms with Crippen molar-refractivity contribution in [3.63, 3.8) is 0 Å². The molecule has 0 fully saturated rings. The molecule has 4 rings (SSSR count). The van der Waals surface area contributed by atoms with E-state index in [0.29, 0.717) is 0 Å². The third kappa shape index (κ3) is 2.64. The molecule has 0 radical (unpaired) electrons. The van der Waals surface area contributed by atoms with Gasteiger partial charge in [-0.2, -0.15) is 0 Å². The first-order chi connectivity index (χ1) is 11.1. The quantitative estimate of drug-likeness (QED) is 0.343. The van der Waals surface area contributed by atoms with E-state index in [4.69, 9.17) is 0 Å². The van der Waals surface area contributed by atoms with Crippen molar-refractivity contribution < 1.29 is 0 Å². The van der Waals surface area contributed by atoms with Gasteiger partial charge in [0, 0.05) is 25.1 Å². The van der Waals surface area contributed by atoms with Gasteiger partial charge in [0.25, 0.3) is 0 Å². The molecule has 0 aliphatic rings. The van der Waals surface area contributed by atoms with Crippen molar-refractivity contribution in [3.8, 4) is 29.9 Å². The summed E-state index contributed by atoms with van der Waals surface area (Å²) in [4.78, 5) is 7.05. The van der Waals surface area contributed by atoms with Gasteiger partial charge in [0.15, 0.2) is 0 Å². The van der Waals surface area contributed by atoms with E-state index < -0.39 is 0 Å². The summed E-state index contributed by atoms with van der Waals surface area (Å²) in [7, 11) is 0. The average molecular weight is 373 g/mol. The van der Waals surface area contributed by atoms with E-state index in [1.807, 2.05) is 45.3 Å². The average Bonchev–Trinajstić information content (AvgIpc) is 3.25. The van der Waals surface area contributed by atoms with Crippen LogP contribution in [0.5, 0.6) is 0 Å². The Kier molecular flexibility index (Phi) is 4.01. The lowest BCUT2D eigenvalue weighted by atomic mass is 10.1. The summed E-state index contributed by atoms with van der Waals surface area (Å²) in [5.74, 6) is 0. The van der Waals surface area contributed by atoms with Gasteiger partial charge in [0.05, 0.1) is 4.88 Å². The highest BCUT2D eigenvalue weighted by atomic mass is 32.1. The van der Waals surface area contributed by atoms with Crippen LogP contribution >= 0.6 is 45.3 Å². The Hall–Kier alpha value is -1.20. The summed E-state index contributed by atoms with van der Waals surface area (Å²) in [5.41, 5.74) is 5.53. The van der Waals surface area contributed by atoms with Crippen molar-refractivity contribution in [1.82, 2.24) is 0 Å². The van der Waals surface area contributed by atoms with E-state index in [1.54, 1.807) is 0 Å². The van der Waals surface area contributed by atoms with Crippen LogP contribution in [0.3, 0.4) is 0 Å². The van der Waals surface area contributed by atoms with Crippen molar-refractivity contribution in [2.24, 2.45) is 0 Å². The summed E-state index contributed by atoms with van der Waals surface area (Å²) in [6.07, 6.45) is 0.